The maximum absolute atomic E-state index is 10.9. The highest BCUT2D eigenvalue weighted by Crippen LogP contribution is 2.19. The van der Waals surface area contributed by atoms with Crippen LogP contribution in [0.15, 0.2) is 11.8 Å². The number of allylic oxidation sites excluding steroid dienone is 1. The number of ether oxygens (including phenoxy) is 1. The number of carbonyl (C=O) groups excluding carboxylic acids is 1. The number of hydrogen-bond donors (Lipinski definition) is 1. The van der Waals surface area contributed by atoms with Crippen LogP contribution in [-0.2, 0) is 9.53 Å². The van der Waals surface area contributed by atoms with Gasteiger partial charge in [0.15, 0.2) is 6.10 Å². The Balaban J connectivity index is 2.45. The number of esters is 1. The Hall–Kier alpha value is -0.990. The minimum Gasteiger partial charge on any atom is -0.509 e. The van der Waals surface area contributed by atoms with Crippen LogP contribution in [0.4, 0.5) is 0 Å². The zero-order chi connectivity index (χ0) is 8.97. The molecule has 0 aliphatic heterocycles. The Morgan fingerprint density at radius 1 is 1.83 bits per heavy atom. The molecule has 3 heteroatoms. The summed E-state index contributed by atoms with van der Waals surface area (Å²) < 4.78 is 5.00. The minimum atomic E-state index is -0.383. The van der Waals surface area contributed by atoms with Crippen molar-refractivity contribution in [2.45, 2.75) is 38.7 Å². The molecule has 0 heterocycles. The van der Waals surface area contributed by atoms with Gasteiger partial charge in [-0.25, -0.2) is 0 Å². The minimum absolute atomic E-state index is 0.211. The van der Waals surface area contributed by atoms with Gasteiger partial charge in [-0.15, -0.1) is 0 Å². The molecule has 3 nitrogen and oxygen atoms in total. The molecule has 0 aromatic rings. The van der Waals surface area contributed by atoms with E-state index in [0.29, 0.717) is 6.42 Å². The number of aliphatic hydroxyl groups excluding tert-OH is 1. The molecule has 0 saturated heterocycles. The Morgan fingerprint density at radius 2 is 2.58 bits per heavy atom. The van der Waals surface area contributed by atoms with Crippen LogP contribution in [0, 0.1) is 0 Å². The van der Waals surface area contributed by atoms with Crippen LogP contribution in [0.5, 0.6) is 0 Å². The van der Waals surface area contributed by atoms with Gasteiger partial charge in [0.1, 0.15) is 5.76 Å². The fourth-order valence-corrected chi connectivity index (χ4v) is 1.19. The fourth-order valence-electron chi connectivity index (χ4n) is 1.19. The van der Waals surface area contributed by atoms with Crippen molar-refractivity contribution in [2.75, 3.05) is 0 Å². The first-order valence-corrected chi connectivity index (χ1v) is 4.32. The van der Waals surface area contributed by atoms with Crippen molar-refractivity contribution in [2.24, 2.45) is 0 Å². The maximum Gasteiger partial charge on any atom is 0.306 e. The van der Waals surface area contributed by atoms with E-state index in [9.17, 15) is 9.90 Å². The summed E-state index contributed by atoms with van der Waals surface area (Å²) >= 11 is 0. The average molecular weight is 170 g/mol. The lowest BCUT2D eigenvalue weighted by atomic mass is 10.0. The Morgan fingerprint density at radius 3 is 3.17 bits per heavy atom. The number of rotatable bonds is 2. The van der Waals surface area contributed by atoms with Crippen LogP contribution in [-0.4, -0.2) is 17.2 Å². The van der Waals surface area contributed by atoms with Crippen LogP contribution in [0.25, 0.3) is 0 Å². The van der Waals surface area contributed by atoms with E-state index in [0.717, 1.165) is 19.3 Å². The molecule has 0 aromatic carbocycles. The van der Waals surface area contributed by atoms with Crippen LogP contribution >= 0.6 is 0 Å². The number of hydrogen-bond acceptors (Lipinski definition) is 3. The summed E-state index contributed by atoms with van der Waals surface area (Å²) in [7, 11) is 0. The van der Waals surface area contributed by atoms with Crippen molar-refractivity contribution < 1.29 is 14.6 Å². The smallest absolute Gasteiger partial charge is 0.306 e. The third-order valence-corrected chi connectivity index (χ3v) is 1.92. The lowest BCUT2D eigenvalue weighted by Gasteiger charge is -2.19. The molecule has 1 aliphatic carbocycles. The molecule has 1 aliphatic rings. The quantitative estimate of drug-likeness (QED) is 0.644. The second-order valence-corrected chi connectivity index (χ2v) is 2.89. The maximum atomic E-state index is 10.9. The Kier molecular flexibility index (Phi) is 3.14. The molecule has 0 bridgehead atoms. The van der Waals surface area contributed by atoms with E-state index in [2.05, 4.69) is 0 Å². The summed E-state index contributed by atoms with van der Waals surface area (Å²) in [5.41, 5.74) is 0. The summed E-state index contributed by atoms with van der Waals surface area (Å²) in [5, 5.41) is 9.30. The van der Waals surface area contributed by atoms with Gasteiger partial charge in [-0.3, -0.25) is 4.79 Å². The topological polar surface area (TPSA) is 46.5 Å². The van der Waals surface area contributed by atoms with Crippen molar-refractivity contribution in [1.82, 2.24) is 0 Å². The normalized spacial score (nSPS) is 23.1. The fraction of sp³-hybridized carbons (Fsp3) is 0.667. The van der Waals surface area contributed by atoms with Crippen molar-refractivity contribution in [3.05, 3.63) is 11.8 Å². The zero-order valence-corrected chi connectivity index (χ0v) is 7.25. The zero-order valence-electron chi connectivity index (χ0n) is 7.25. The predicted molar refractivity (Wildman–Crippen MR) is 44.7 cm³/mol. The summed E-state index contributed by atoms with van der Waals surface area (Å²) in [6.07, 6.45) is 4.30. The first-order valence-electron chi connectivity index (χ1n) is 4.32. The van der Waals surface area contributed by atoms with Crippen molar-refractivity contribution in [1.29, 1.82) is 0 Å². The molecule has 1 N–H and O–H groups in total. The SMILES string of the molecule is CCC(=O)OC1CCCC=C1O. The first-order chi connectivity index (χ1) is 5.74. The van der Waals surface area contributed by atoms with Gasteiger partial charge in [0.2, 0.25) is 0 Å². The lowest BCUT2D eigenvalue weighted by Crippen LogP contribution is -2.22. The van der Waals surface area contributed by atoms with Gasteiger partial charge >= 0.3 is 5.97 Å². The van der Waals surface area contributed by atoms with Gasteiger partial charge in [0.25, 0.3) is 0 Å². The second-order valence-electron chi connectivity index (χ2n) is 2.89. The first kappa shape index (κ1) is 9.10. The predicted octanol–water partition coefficient (Wildman–Crippen LogP) is 1.93. The summed E-state index contributed by atoms with van der Waals surface area (Å²) in [6.45, 7) is 1.74. The third kappa shape index (κ3) is 2.26. The highest BCUT2D eigenvalue weighted by molar-refractivity contribution is 5.69. The van der Waals surface area contributed by atoms with Gasteiger partial charge in [-0.2, -0.15) is 0 Å². The van der Waals surface area contributed by atoms with Gasteiger partial charge in [-0.1, -0.05) is 6.92 Å². The van der Waals surface area contributed by atoms with Gasteiger partial charge in [0.05, 0.1) is 0 Å². The van der Waals surface area contributed by atoms with Crippen LogP contribution < -0.4 is 0 Å². The standard InChI is InChI=1S/C9H14O3/c1-2-9(11)12-8-6-4-3-5-7(8)10/h5,8,10H,2-4,6H2,1H3. The van der Waals surface area contributed by atoms with Crippen LogP contribution in [0.3, 0.4) is 0 Å². The van der Waals surface area contributed by atoms with E-state index in [-0.39, 0.29) is 17.8 Å². The Bertz CT molecular complexity index is 196. The van der Waals surface area contributed by atoms with E-state index in [1.165, 1.54) is 0 Å². The largest absolute Gasteiger partial charge is 0.509 e. The molecule has 0 fully saturated rings. The molecule has 0 radical (unpaired) electrons. The molecule has 12 heavy (non-hydrogen) atoms. The number of aliphatic hydroxyl groups is 1. The van der Waals surface area contributed by atoms with Gasteiger partial charge in [-0.05, 0) is 25.3 Å². The molecular weight excluding hydrogens is 156 g/mol. The molecule has 0 saturated carbocycles. The van der Waals surface area contributed by atoms with Crippen molar-refractivity contribution in [3.63, 3.8) is 0 Å². The van der Waals surface area contributed by atoms with E-state index >= 15 is 0 Å². The molecular formula is C9H14O3. The van der Waals surface area contributed by atoms with Gasteiger partial charge in [0, 0.05) is 6.42 Å². The summed E-state index contributed by atoms with van der Waals surface area (Å²) in [5.74, 6) is -0.0371. The third-order valence-electron chi connectivity index (χ3n) is 1.92. The van der Waals surface area contributed by atoms with Crippen molar-refractivity contribution in [3.8, 4) is 0 Å². The molecule has 0 aromatic heterocycles. The van der Waals surface area contributed by atoms with E-state index in [1.807, 2.05) is 0 Å². The molecule has 1 rings (SSSR count). The average Bonchev–Trinajstić information content (AvgIpc) is 2.09. The van der Waals surface area contributed by atoms with E-state index < -0.39 is 0 Å². The van der Waals surface area contributed by atoms with Crippen LogP contribution in [0.1, 0.15) is 32.6 Å². The highest BCUT2D eigenvalue weighted by Gasteiger charge is 2.19. The number of carbonyl (C=O) groups is 1. The van der Waals surface area contributed by atoms with E-state index in [1.54, 1.807) is 13.0 Å². The summed E-state index contributed by atoms with van der Waals surface area (Å²) in [4.78, 5) is 10.9. The monoisotopic (exact) mass is 170 g/mol. The molecule has 0 spiro atoms. The molecule has 0 amide bonds. The molecule has 68 valence electrons. The Labute approximate surface area is 72.0 Å². The summed E-state index contributed by atoms with van der Waals surface area (Å²) in [6, 6.07) is 0. The lowest BCUT2D eigenvalue weighted by molar-refractivity contribution is -0.148. The van der Waals surface area contributed by atoms with Crippen LogP contribution in [0.2, 0.25) is 0 Å². The highest BCUT2D eigenvalue weighted by atomic mass is 16.6. The molecule has 1 unspecified atom stereocenters. The molecule has 1 atom stereocenters. The second kappa shape index (κ2) is 4.14. The van der Waals surface area contributed by atoms with E-state index in [4.69, 9.17) is 4.74 Å². The van der Waals surface area contributed by atoms with Crippen molar-refractivity contribution >= 4 is 5.97 Å². The van der Waals surface area contributed by atoms with Gasteiger partial charge < -0.3 is 9.84 Å².